The number of hydrogen-bond donors (Lipinski definition) is 3. The summed E-state index contributed by atoms with van der Waals surface area (Å²) in [7, 11) is 0. The van der Waals surface area contributed by atoms with Crippen LogP contribution in [0.4, 0.5) is 0 Å². The average Bonchev–Trinajstić information content (AvgIpc) is 3.34. The Morgan fingerprint density at radius 1 is 1.41 bits per heavy atom. The molecule has 9 nitrogen and oxygen atoms in total. The highest BCUT2D eigenvalue weighted by Crippen LogP contribution is 2.29. The number of nitrogens with one attached hydrogen (secondary N) is 2. The zero-order chi connectivity index (χ0) is 19.6. The molecule has 3 rings (SSSR count). The monoisotopic (exact) mass is 375 g/mol. The molecule has 0 aromatic carbocycles. The van der Waals surface area contributed by atoms with E-state index in [1.54, 1.807) is 6.20 Å². The highest BCUT2D eigenvalue weighted by Gasteiger charge is 2.40. The van der Waals surface area contributed by atoms with Crippen molar-refractivity contribution in [3.05, 3.63) is 18.2 Å². The molecule has 1 saturated carbocycles. The topological polar surface area (TPSA) is 138 Å². The van der Waals surface area contributed by atoms with Gasteiger partial charge in [-0.05, 0) is 18.8 Å². The van der Waals surface area contributed by atoms with Crippen LogP contribution in [0.5, 0.6) is 0 Å². The minimum atomic E-state index is -0.846. The summed E-state index contributed by atoms with van der Waals surface area (Å²) in [6, 6.07) is -1.49. The van der Waals surface area contributed by atoms with Crippen LogP contribution in [0.3, 0.4) is 0 Å². The van der Waals surface area contributed by atoms with E-state index in [0.717, 1.165) is 0 Å². The van der Waals surface area contributed by atoms with Crippen LogP contribution in [0.1, 0.15) is 38.3 Å². The first-order valence-electron chi connectivity index (χ1n) is 9.26. The van der Waals surface area contributed by atoms with Gasteiger partial charge in [-0.15, -0.1) is 0 Å². The number of H-pyrrole nitrogens is 1. The summed E-state index contributed by atoms with van der Waals surface area (Å²) in [5.74, 6) is -1.60. The Morgan fingerprint density at radius 3 is 2.78 bits per heavy atom. The SMILES string of the molecule is C[C@@H]1CC(=O)C[C@H]1C(=O)N[C@@H](Cc1cnc[nH]1)C(=O)N1CCC[C@H]1C(N)=O. The maximum atomic E-state index is 13.1. The van der Waals surface area contributed by atoms with Crippen LogP contribution >= 0.6 is 0 Å². The van der Waals surface area contributed by atoms with E-state index in [0.29, 0.717) is 31.5 Å². The number of likely N-dealkylation sites (tertiary alicyclic amines) is 1. The number of carbonyl (C=O) groups is 4. The van der Waals surface area contributed by atoms with Crippen LogP contribution in [-0.4, -0.2) is 57.0 Å². The molecule has 2 heterocycles. The minimum Gasteiger partial charge on any atom is -0.368 e. The molecule has 0 radical (unpaired) electrons. The molecular weight excluding hydrogens is 350 g/mol. The minimum absolute atomic E-state index is 0.0504. The van der Waals surface area contributed by atoms with Crippen molar-refractivity contribution >= 4 is 23.5 Å². The maximum absolute atomic E-state index is 13.1. The van der Waals surface area contributed by atoms with E-state index >= 15 is 0 Å². The van der Waals surface area contributed by atoms with Crippen LogP contribution in [0.15, 0.2) is 12.5 Å². The lowest BCUT2D eigenvalue weighted by atomic mass is 9.96. The second kappa shape index (κ2) is 7.89. The predicted octanol–water partition coefficient (Wildman–Crippen LogP) is -0.471. The zero-order valence-corrected chi connectivity index (χ0v) is 15.3. The van der Waals surface area contributed by atoms with Crippen molar-refractivity contribution in [2.45, 2.75) is 51.1 Å². The van der Waals surface area contributed by atoms with Crippen LogP contribution in [0, 0.1) is 11.8 Å². The second-order valence-corrected chi connectivity index (χ2v) is 7.46. The normalized spacial score (nSPS) is 26.2. The number of hydrogen-bond acceptors (Lipinski definition) is 5. The van der Waals surface area contributed by atoms with Gasteiger partial charge < -0.3 is 20.9 Å². The number of amides is 3. The molecule has 3 amide bonds. The van der Waals surface area contributed by atoms with Crippen LogP contribution in [-0.2, 0) is 25.6 Å². The number of rotatable bonds is 6. The largest absolute Gasteiger partial charge is 0.368 e. The molecule has 0 bridgehead atoms. The van der Waals surface area contributed by atoms with Crippen molar-refractivity contribution in [2.24, 2.45) is 17.6 Å². The molecule has 4 atom stereocenters. The Kier molecular flexibility index (Phi) is 5.57. The van der Waals surface area contributed by atoms with E-state index in [4.69, 9.17) is 5.73 Å². The fourth-order valence-electron chi connectivity index (χ4n) is 4.00. The number of nitrogens with zero attached hydrogens (tertiary/aromatic N) is 2. The summed E-state index contributed by atoms with van der Waals surface area (Å²) in [5, 5.41) is 2.80. The zero-order valence-electron chi connectivity index (χ0n) is 15.3. The standard InChI is InChI=1S/C18H25N5O4/c1-10-5-12(24)7-13(10)17(26)22-14(6-11-8-20-9-21-11)18(27)23-4-2-3-15(23)16(19)25/h8-10,13-15H,2-7H2,1H3,(H2,19,25)(H,20,21)(H,22,26)/t10-,13-,14+,15+/m1/s1. The lowest BCUT2D eigenvalue weighted by Gasteiger charge is -2.28. The molecule has 146 valence electrons. The van der Waals surface area contributed by atoms with Gasteiger partial charge in [-0.25, -0.2) is 4.98 Å². The van der Waals surface area contributed by atoms with Gasteiger partial charge >= 0.3 is 0 Å². The summed E-state index contributed by atoms with van der Waals surface area (Å²) in [4.78, 5) is 57.4. The summed E-state index contributed by atoms with van der Waals surface area (Å²) < 4.78 is 0. The molecule has 9 heteroatoms. The number of aromatic nitrogens is 2. The number of aromatic amines is 1. The lowest BCUT2D eigenvalue weighted by Crippen LogP contribution is -2.54. The summed E-state index contributed by atoms with van der Waals surface area (Å²) in [5.41, 5.74) is 6.12. The molecule has 2 fully saturated rings. The molecule has 0 unspecified atom stereocenters. The van der Waals surface area contributed by atoms with E-state index < -0.39 is 23.9 Å². The molecule has 0 spiro atoms. The Balaban J connectivity index is 1.76. The first-order valence-corrected chi connectivity index (χ1v) is 9.26. The first kappa shape index (κ1) is 19.1. The van der Waals surface area contributed by atoms with Gasteiger partial charge in [-0.3, -0.25) is 19.2 Å². The number of nitrogens with two attached hydrogens (primary N) is 1. The van der Waals surface area contributed by atoms with E-state index in [1.807, 2.05) is 6.92 Å². The van der Waals surface area contributed by atoms with Gasteiger partial charge in [0.1, 0.15) is 17.9 Å². The number of carbonyl (C=O) groups excluding carboxylic acids is 4. The second-order valence-electron chi connectivity index (χ2n) is 7.46. The van der Waals surface area contributed by atoms with Crippen LogP contribution in [0.2, 0.25) is 0 Å². The fourth-order valence-corrected chi connectivity index (χ4v) is 4.00. The lowest BCUT2D eigenvalue weighted by molar-refractivity contribution is -0.141. The Labute approximate surface area is 157 Å². The highest BCUT2D eigenvalue weighted by atomic mass is 16.2. The highest BCUT2D eigenvalue weighted by molar-refractivity contribution is 5.95. The van der Waals surface area contributed by atoms with E-state index in [1.165, 1.54) is 11.2 Å². The van der Waals surface area contributed by atoms with Gasteiger partial charge in [0.25, 0.3) is 0 Å². The van der Waals surface area contributed by atoms with Crippen molar-refractivity contribution in [3.63, 3.8) is 0 Å². The number of imidazole rings is 1. The molecule has 1 saturated heterocycles. The van der Waals surface area contributed by atoms with Gasteiger partial charge in [-0.2, -0.15) is 0 Å². The van der Waals surface area contributed by atoms with E-state index in [2.05, 4.69) is 15.3 Å². The van der Waals surface area contributed by atoms with Gasteiger partial charge in [0.05, 0.1) is 6.33 Å². The number of Topliss-reactive ketones (excluding diaryl/α,β-unsaturated/α-hetero) is 1. The van der Waals surface area contributed by atoms with E-state index in [-0.39, 0.29) is 36.4 Å². The Morgan fingerprint density at radius 2 is 2.19 bits per heavy atom. The van der Waals surface area contributed by atoms with Crippen molar-refractivity contribution in [2.75, 3.05) is 6.54 Å². The van der Waals surface area contributed by atoms with Gasteiger partial charge in [0.15, 0.2) is 0 Å². The predicted molar refractivity (Wildman–Crippen MR) is 95.0 cm³/mol. The molecule has 1 aliphatic carbocycles. The smallest absolute Gasteiger partial charge is 0.246 e. The fraction of sp³-hybridized carbons (Fsp3) is 0.611. The van der Waals surface area contributed by atoms with Gasteiger partial charge in [-0.1, -0.05) is 6.92 Å². The summed E-state index contributed by atoms with van der Waals surface area (Å²) >= 11 is 0. The first-order chi connectivity index (χ1) is 12.9. The van der Waals surface area contributed by atoms with Crippen molar-refractivity contribution in [1.29, 1.82) is 0 Å². The summed E-state index contributed by atoms with van der Waals surface area (Å²) in [6.45, 7) is 2.30. The molecule has 1 aromatic heterocycles. The van der Waals surface area contributed by atoms with Gasteiger partial charge in [0.2, 0.25) is 17.7 Å². The molecule has 1 aromatic rings. The third-order valence-corrected chi connectivity index (χ3v) is 5.48. The van der Waals surface area contributed by atoms with E-state index in [9.17, 15) is 19.2 Å². The average molecular weight is 375 g/mol. The maximum Gasteiger partial charge on any atom is 0.246 e. The molecule has 4 N–H and O–H groups in total. The number of primary amides is 1. The molecule has 2 aliphatic rings. The van der Waals surface area contributed by atoms with Gasteiger partial charge in [0, 0.05) is 43.6 Å². The van der Waals surface area contributed by atoms with Crippen LogP contribution in [0.25, 0.3) is 0 Å². The van der Waals surface area contributed by atoms with Crippen molar-refractivity contribution < 1.29 is 19.2 Å². The third-order valence-electron chi connectivity index (χ3n) is 5.48. The summed E-state index contributed by atoms with van der Waals surface area (Å²) in [6.07, 6.45) is 5.11. The molecule has 27 heavy (non-hydrogen) atoms. The third kappa shape index (κ3) is 4.17. The van der Waals surface area contributed by atoms with Crippen molar-refractivity contribution in [1.82, 2.24) is 20.2 Å². The number of ketones is 1. The Bertz CT molecular complexity index is 732. The molecule has 1 aliphatic heterocycles. The molecular formula is C18H25N5O4. The van der Waals surface area contributed by atoms with Crippen LogP contribution < -0.4 is 11.1 Å². The Hall–Kier alpha value is -2.71. The van der Waals surface area contributed by atoms with Crippen molar-refractivity contribution in [3.8, 4) is 0 Å². The quantitative estimate of drug-likeness (QED) is 0.617.